The van der Waals surface area contributed by atoms with E-state index in [2.05, 4.69) is 4.74 Å². The highest BCUT2D eigenvalue weighted by Crippen LogP contribution is 2.17. The third kappa shape index (κ3) is 11.1. The number of carbonyl (C=O) groups excluding carboxylic acids is 2. The second-order valence-corrected chi connectivity index (χ2v) is 7.99. The van der Waals surface area contributed by atoms with E-state index < -0.39 is 18.0 Å². The second-order valence-electron chi connectivity index (χ2n) is 7.99. The average molecular weight is 535 g/mol. The molecule has 0 bridgehead atoms. The summed E-state index contributed by atoms with van der Waals surface area (Å²) >= 11 is 0. The molecule has 10 heteroatoms. The molecule has 204 valence electrons. The van der Waals surface area contributed by atoms with Crippen molar-refractivity contribution in [3.05, 3.63) is 70.8 Å². The second kappa shape index (κ2) is 17.0. The van der Waals surface area contributed by atoms with E-state index in [1.807, 2.05) is 13.0 Å². The van der Waals surface area contributed by atoms with Gasteiger partial charge in [-0.1, -0.05) is 31.2 Å². The van der Waals surface area contributed by atoms with Crippen LogP contribution in [0.15, 0.2) is 59.7 Å². The monoisotopic (exact) mass is 534 g/mol. The van der Waals surface area contributed by atoms with Gasteiger partial charge in [-0.25, -0.2) is 9.59 Å². The number of aliphatic hydroxyl groups is 1. The van der Waals surface area contributed by atoms with Crippen LogP contribution in [0, 0.1) is 22.7 Å². The lowest BCUT2D eigenvalue weighted by molar-refractivity contribution is -0.140. The molecule has 0 aliphatic carbocycles. The van der Waals surface area contributed by atoms with E-state index in [-0.39, 0.29) is 37.6 Å². The molecule has 0 radical (unpaired) electrons. The number of rotatable bonds is 15. The highest BCUT2D eigenvalue weighted by Gasteiger charge is 2.12. The molecule has 0 aliphatic rings. The standard InChI is InChI=1S/C29H30N2O8/c1-3-12-36-13-14-37-29(34)24(18-31)16-22-6-10-27(11-7-22)39-20-25(32)19-38-26-8-4-21(5-9-26)15-23(17-30)28(33)35-2/h4-11,15-16,25,32H,3,12-14,19-20H2,1-2H3/b23-15+,24-16+. The number of hydrogen-bond acceptors (Lipinski definition) is 10. The van der Waals surface area contributed by atoms with Gasteiger partial charge in [0, 0.05) is 6.61 Å². The van der Waals surface area contributed by atoms with Gasteiger partial charge in [0.2, 0.25) is 0 Å². The number of nitrogens with zero attached hydrogens (tertiary/aromatic N) is 2. The number of nitriles is 2. The smallest absolute Gasteiger partial charge is 0.348 e. The molecule has 39 heavy (non-hydrogen) atoms. The van der Waals surface area contributed by atoms with Crippen LogP contribution in [0.2, 0.25) is 0 Å². The molecule has 10 nitrogen and oxygen atoms in total. The van der Waals surface area contributed by atoms with Gasteiger partial charge in [-0.05, 0) is 54.0 Å². The molecule has 0 saturated heterocycles. The predicted octanol–water partition coefficient (Wildman–Crippen LogP) is 3.46. The Kier molecular flexibility index (Phi) is 13.3. The molecule has 1 unspecified atom stereocenters. The number of carbonyl (C=O) groups is 2. The van der Waals surface area contributed by atoms with Crippen LogP contribution in [-0.2, 0) is 23.8 Å². The first-order valence-electron chi connectivity index (χ1n) is 12.1. The number of ether oxygens (including phenoxy) is 5. The maximum absolute atomic E-state index is 12.1. The van der Waals surface area contributed by atoms with Gasteiger partial charge in [-0.3, -0.25) is 0 Å². The van der Waals surface area contributed by atoms with Gasteiger partial charge in [0.25, 0.3) is 0 Å². The summed E-state index contributed by atoms with van der Waals surface area (Å²) < 4.78 is 26.0. The normalized spacial score (nSPS) is 12.0. The van der Waals surface area contributed by atoms with Crippen molar-refractivity contribution in [1.29, 1.82) is 10.5 Å². The van der Waals surface area contributed by atoms with E-state index in [4.69, 9.17) is 24.2 Å². The molecule has 0 aromatic heterocycles. The van der Waals surface area contributed by atoms with Crippen molar-refractivity contribution in [3.8, 4) is 23.6 Å². The summed E-state index contributed by atoms with van der Waals surface area (Å²) in [7, 11) is 1.20. The molecule has 2 aromatic carbocycles. The van der Waals surface area contributed by atoms with Gasteiger partial charge in [0.1, 0.15) is 60.7 Å². The predicted molar refractivity (Wildman–Crippen MR) is 141 cm³/mol. The molecular weight excluding hydrogens is 504 g/mol. The Balaban J connectivity index is 1.81. The Bertz CT molecular complexity index is 1220. The number of aliphatic hydroxyl groups excluding tert-OH is 1. The Labute approximate surface area is 227 Å². The van der Waals surface area contributed by atoms with Crippen LogP contribution >= 0.6 is 0 Å². The van der Waals surface area contributed by atoms with Crippen LogP contribution in [0.4, 0.5) is 0 Å². The van der Waals surface area contributed by atoms with E-state index in [1.54, 1.807) is 54.6 Å². The lowest BCUT2D eigenvalue weighted by Crippen LogP contribution is -2.25. The fourth-order valence-electron chi connectivity index (χ4n) is 2.99. The van der Waals surface area contributed by atoms with E-state index in [0.29, 0.717) is 29.2 Å². The Morgan fingerprint density at radius 1 is 0.821 bits per heavy atom. The number of hydrogen-bond donors (Lipinski definition) is 1. The van der Waals surface area contributed by atoms with Crippen molar-refractivity contribution < 1.29 is 38.4 Å². The zero-order chi connectivity index (χ0) is 28.5. The minimum atomic E-state index is -0.921. The van der Waals surface area contributed by atoms with Gasteiger partial charge in [0.15, 0.2) is 0 Å². The van der Waals surface area contributed by atoms with E-state index >= 15 is 0 Å². The zero-order valence-corrected chi connectivity index (χ0v) is 21.8. The number of benzene rings is 2. The minimum absolute atomic E-state index is 0.0290. The molecule has 0 spiro atoms. The summed E-state index contributed by atoms with van der Waals surface area (Å²) in [5.41, 5.74) is 0.959. The van der Waals surface area contributed by atoms with E-state index in [0.717, 1.165) is 6.42 Å². The lowest BCUT2D eigenvalue weighted by atomic mass is 10.1. The van der Waals surface area contributed by atoms with Crippen LogP contribution in [0.5, 0.6) is 11.5 Å². The molecule has 1 atom stereocenters. The summed E-state index contributed by atoms with van der Waals surface area (Å²) in [5, 5.41) is 28.5. The Morgan fingerprint density at radius 2 is 1.31 bits per heavy atom. The summed E-state index contributed by atoms with van der Waals surface area (Å²) in [4.78, 5) is 23.6. The summed E-state index contributed by atoms with van der Waals surface area (Å²) in [6.07, 6.45) is 2.76. The molecule has 0 saturated carbocycles. The third-order valence-electron chi connectivity index (χ3n) is 4.94. The molecule has 2 aromatic rings. The zero-order valence-electron chi connectivity index (χ0n) is 21.8. The van der Waals surface area contributed by atoms with E-state index in [1.165, 1.54) is 19.3 Å². The summed E-state index contributed by atoms with van der Waals surface area (Å²) in [6, 6.07) is 16.9. The first-order valence-corrected chi connectivity index (χ1v) is 12.1. The van der Waals surface area contributed by atoms with Gasteiger partial charge in [-0.2, -0.15) is 10.5 Å². The van der Waals surface area contributed by atoms with Crippen molar-refractivity contribution in [1.82, 2.24) is 0 Å². The average Bonchev–Trinajstić information content (AvgIpc) is 2.97. The van der Waals surface area contributed by atoms with E-state index in [9.17, 15) is 20.0 Å². The first kappa shape index (κ1) is 30.6. The highest BCUT2D eigenvalue weighted by molar-refractivity contribution is 5.98. The lowest BCUT2D eigenvalue weighted by Gasteiger charge is -2.14. The molecule has 0 heterocycles. The molecule has 0 fully saturated rings. The quantitative estimate of drug-likeness (QED) is 0.156. The maximum atomic E-state index is 12.1. The Hall–Kier alpha value is -4.64. The molecular formula is C29H30N2O8. The first-order chi connectivity index (χ1) is 18.9. The summed E-state index contributed by atoms with van der Waals surface area (Å²) in [6.45, 7) is 2.83. The van der Waals surface area contributed by atoms with Crippen LogP contribution in [0.3, 0.4) is 0 Å². The topological polar surface area (TPSA) is 148 Å². The molecule has 2 rings (SSSR count). The number of methoxy groups -OCH3 is 1. The fourth-order valence-corrected chi connectivity index (χ4v) is 2.99. The molecule has 0 aliphatic heterocycles. The fraction of sp³-hybridized carbons (Fsp3) is 0.310. The van der Waals surface area contributed by atoms with Gasteiger partial charge in [-0.15, -0.1) is 0 Å². The van der Waals surface area contributed by atoms with Crippen LogP contribution in [0.25, 0.3) is 12.2 Å². The van der Waals surface area contributed by atoms with Gasteiger partial charge < -0.3 is 28.8 Å². The molecule has 0 amide bonds. The SMILES string of the molecule is CCCOCCOC(=O)/C(C#N)=C/c1ccc(OCC(O)COc2ccc(/C=C(\C#N)C(=O)OC)cc2)cc1. The molecule has 1 N–H and O–H groups in total. The number of esters is 2. The van der Waals surface area contributed by atoms with Crippen molar-refractivity contribution in [2.75, 3.05) is 40.1 Å². The van der Waals surface area contributed by atoms with Gasteiger partial charge in [0.05, 0.1) is 13.7 Å². The van der Waals surface area contributed by atoms with Crippen molar-refractivity contribution in [2.24, 2.45) is 0 Å². The highest BCUT2D eigenvalue weighted by atomic mass is 16.6. The van der Waals surface area contributed by atoms with Gasteiger partial charge >= 0.3 is 11.9 Å². The van der Waals surface area contributed by atoms with Crippen molar-refractivity contribution >= 4 is 24.1 Å². The van der Waals surface area contributed by atoms with Crippen molar-refractivity contribution in [3.63, 3.8) is 0 Å². The van der Waals surface area contributed by atoms with Crippen LogP contribution in [0.1, 0.15) is 24.5 Å². The summed E-state index contributed by atoms with van der Waals surface area (Å²) in [5.74, 6) is -0.474. The van der Waals surface area contributed by atoms with Crippen LogP contribution in [-0.4, -0.2) is 63.3 Å². The minimum Gasteiger partial charge on any atom is -0.491 e. The van der Waals surface area contributed by atoms with Crippen molar-refractivity contribution in [2.45, 2.75) is 19.4 Å². The maximum Gasteiger partial charge on any atom is 0.348 e. The third-order valence-corrected chi connectivity index (χ3v) is 4.94. The Morgan fingerprint density at radius 3 is 1.74 bits per heavy atom. The largest absolute Gasteiger partial charge is 0.491 e. The van der Waals surface area contributed by atoms with Crippen LogP contribution < -0.4 is 9.47 Å².